The minimum absolute atomic E-state index is 0.167. The van der Waals surface area contributed by atoms with Crippen LogP contribution in [0.1, 0.15) is 32.6 Å². The van der Waals surface area contributed by atoms with Crippen molar-refractivity contribution in [1.82, 2.24) is 10.2 Å². The molecule has 1 aromatic carbocycles. The smallest absolute Gasteiger partial charge is 0.319 e. The number of methoxy groups -OCH3 is 1. The monoisotopic (exact) mass is 305 g/mol. The van der Waals surface area contributed by atoms with Crippen LogP contribution < -0.4 is 15.4 Å². The van der Waals surface area contributed by atoms with Crippen LogP contribution in [-0.4, -0.2) is 43.7 Å². The van der Waals surface area contributed by atoms with Crippen LogP contribution in [0, 0.1) is 0 Å². The molecule has 1 fully saturated rings. The molecule has 5 nitrogen and oxygen atoms in total. The van der Waals surface area contributed by atoms with Gasteiger partial charge in [-0.05, 0) is 44.9 Å². The largest absolute Gasteiger partial charge is 0.497 e. The summed E-state index contributed by atoms with van der Waals surface area (Å²) in [4.78, 5) is 14.4. The van der Waals surface area contributed by atoms with Crippen molar-refractivity contribution < 1.29 is 9.53 Å². The standard InChI is InChI=1S/C17H27N3O2/c1-14-7-3-4-11-20(14)12-6-10-18-17(21)19-15-8-5-9-16(13-15)22-2/h5,8-9,13-14H,3-4,6-7,10-12H2,1-2H3,(H2,18,19,21). The van der Waals surface area contributed by atoms with Gasteiger partial charge in [-0.25, -0.2) is 4.79 Å². The Hall–Kier alpha value is -1.75. The van der Waals surface area contributed by atoms with Crippen LogP contribution in [0.5, 0.6) is 5.75 Å². The predicted octanol–water partition coefficient (Wildman–Crippen LogP) is 3.08. The molecule has 1 saturated heterocycles. The van der Waals surface area contributed by atoms with E-state index in [9.17, 15) is 4.79 Å². The van der Waals surface area contributed by atoms with Crippen LogP contribution in [0.4, 0.5) is 10.5 Å². The van der Waals surface area contributed by atoms with Gasteiger partial charge in [0.25, 0.3) is 0 Å². The predicted molar refractivity (Wildman–Crippen MR) is 89.5 cm³/mol. The van der Waals surface area contributed by atoms with Gasteiger partial charge >= 0.3 is 6.03 Å². The fourth-order valence-electron chi connectivity index (χ4n) is 2.85. The molecule has 1 unspecified atom stereocenters. The summed E-state index contributed by atoms with van der Waals surface area (Å²) >= 11 is 0. The first-order valence-electron chi connectivity index (χ1n) is 8.12. The van der Waals surface area contributed by atoms with E-state index in [1.165, 1.54) is 25.8 Å². The number of hydrogen-bond acceptors (Lipinski definition) is 3. The Morgan fingerprint density at radius 3 is 3.05 bits per heavy atom. The van der Waals surface area contributed by atoms with E-state index in [1.54, 1.807) is 13.2 Å². The van der Waals surface area contributed by atoms with Crippen molar-refractivity contribution in [2.24, 2.45) is 0 Å². The van der Waals surface area contributed by atoms with E-state index in [4.69, 9.17) is 4.74 Å². The second-order valence-corrected chi connectivity index (χ2v) is 5.85. The lowest BCUT2D eigenvalue weighted by molar-refractivity contribution is 0.159. The van der Waals surface area contributed by atoms with E-state index in [0.717, 1.165) is 24.4 Å². The lowest BCUT2D eigenvalue weighted by atomic mass is 10.0. The van der Waals surface area contributed by atoms with Crippen LogP contribution in [-0.2, 0) is 0 Å². The van der Waals surface area contributed by atoms with Crippen molar-refractivity contribution in [2.75, 3.05) is 32.1 Å². The van der Waals surface area contributed by atoms with Crippen molar-refractivity contribution in [3.05, 3.63) is 24.3 Å². The fraction of sp³-hybridized carbons (Fsp3) is 0.588. The highest BCUT2D eigenvalue weighted by atomic mass is 16.5. The molecule has 0 bridgehead atoms. The Kier molecular flexibility index (Phi) is 6.52. The average Bonchev–Trinajstić information content (AvgIpc) is 2.53. The van der Waals surface area contributed by atoms with E-state index in [1.807, 2.05) is 18.2 Å². The summed E-state index contributed by atoms with van der Waals surface area (Å²) in [5, 5.41) is 5.73. The van der Waals surface area contributed by atoms with Crippen LogP contribution in [0.2, 0.25) is 0 Å². The van der Waals surface area contributed by atoms with Crippen molar-refractivity contribution in [1.29, 1.82) is 0 Å². The minimum Gasteiger partial charge on any atom is -0.497 e. The van der Waals surface area contributed by atoms with Crippen molar-refractivity contribution in [3.63, 3.8) is 0 Å². The van der Waals surface area contributed by atoms with Crippen molar-refractivity contribution >= 4 is 11.7 Å². The third kappa shape index (κ3) is 5.22. The quantitative estimate of drug-likeness (QED) is 0.794. The summed E-state index contributed by atoms with van der Waals surface area (Å²) in [7, 11) is 1.61. The maximum absolute atomic E-state index is 11.9. The normalized spacial score (nSPS) is 18.7. The van der Waals surface area contributed by atoms with Gasteiger partial charge in [0, 0.05) is 30.9 Å². The summed E-state index contributed by atoms with van der Waals surface area (Å²) in [6, 6.07) is 7.86. The summed E-state index contributed by atoms with van der Waals surface area (Å²) in [6.45, 7) is 5.24. The number of amides is 2. The SMILES string of the molecule is COc1cccc(NC(=O)NCCCN2CCCCC2C)c1. The van der Waals surface area contributed by atoms with Gasteiger partial charge in [0.2, 0.25) is 0 Å². The zero-order valence-corrected chi connectivity index (χ0v) is 13.6. The number of nitrogens with zero attached hydrogens (tertiary/aromatic N) is 1. The summed E-state index contributed by atoms with van der Waals surface area (Å²) in [5.41, 5.74) is 0.738. The van der Waals surface area contributed by atoms with E-state index >= 15 is 0 Å². The Morgan fingerprint density at radius 1 is 1.41 bits per heavy atom. The molecule has 0 spiro atoms. The molecule has 0 saturated carbocycles. The topological polar surface area (TPSA) is 53.6 Å². The Morgan fingerprint density at radius 2 is 2.27 bits per heavy atom. The number of piperidine rings is 1. The van der Waals surface area contributed by atoms with E-state index in [2.05, 4.69) is 22.5 Å². The molecule has 2 rings (SSSR count). The molecule has 2 N–H and O–H groups in total. The van der Waals surface area contributed by atoms with Gasteiger partial charge in [-0.2, -0.15) is 0 Å². The van der Waals surface area contributed by atoms with Gasteiger partial charge in [-0.1, -0.05) is 12.5 Å². The highest BCUT2D eigenvalue weighted by Crippen LogP contribution is 2.17. The van der Waals surface area contributed by atoms with Gasteiger partial charge in [-0.3, -0.25) is 0 Å². The number of likely N-dealkylation sites (tertiary alicyclic amines) is 1. The number of carbonyl (C=O) groups excluding carboxylic acids is 1. The first kappa shape index (κ1) is 16.6. The third-order valence-electron chi connectivity index (χ3n) is 4.18. The minimum atomic E-state index is -0.167. The number of benzene rings is 1. The van der Waals surface area contributed by atoms with Gasteiger partial charge in [0.15, 0.2) is 0 Å². The molecular weight excluding hydrogens is 278 g/mol. The number of hydrogen-bond donors (Lipinski definition) is 2. The molecular formula is C17H27N3O2. The lowest BCUT2D eigenvalue weighted by Crippen LogP contribution is -2.39. The zero-order valence-electron chi connectivity index (χ0n) is 13.6. The Labute approximate surface area is 133 Å². The van der Waals surface area contributed by atoms with E-state index in [-0.39, 0.29) is 6.03 Å². The molecule has 1 aliphatic heterocycles. The van der Waals surface area contributed by atoms with E-state index in [0.29, 0.717) is 12.6 Å². The number of anilines is 1. The molecule has 1 atom stereocenters. The fourth-order valence-corrected chi connectivity index (χ4v) is 2.85. The van der Waals surface area contributed by atoms with Crippen molar-refractivity contribution in [3.8, 4) is 5.75 Å². The summed E-state index contributed by atoms with van der Waals surface area (Å²) < 4.78 is 5.13. The number of nitrogens with one attached hydrogen (secondary N) is 2. The molecule has 122 valence electrons. The second kappa shape index (κ2) is 8.63. The third-order valence-corrected chi connectivity index (χ3v) is 4.18. The highest BCUT2D eigenvalue weighted by Gasteiger charge is 2.17. The Bertz CT molecular complexity index is 479. The first-order valence-corrected chi connectivity index (χ1v) is 8.12. The second-order valence-electron chi connectivity index (χ2n) is 5.85. The maximum Gasteiger partial charge on any atom is 0.319 e. The number of urea groups is 1. The van der Waals surface area contributed by atoms with E-state index < -0.39 is 0 Å². The summed E-state index contributed by atoms with van der Waals surface area (Å²) in [5.74, 6) is 0.733. The van der Waals surface area contributed by atoms with Crippen LogP contribution >= 0.6 is 0 Å². The lowest BCUT2D eigenvalue weighted by Gasteiger charge is -2.33. The van der Waals surface area contributed by atoms with Gasteiger partial charge < -0.3 is 20.3 Å². The van der Waals surface area contributed by atoms with Gasteiger partial charge in [0.05, 0.1) is 7.11 Å². The number of rotatable bonds is 6. The molecule has 2 amide bonds. The van der Waals surface area contributed by atoms with Gasteiger partial charge in [-0.15, -0.1) is 0 Å². The molecule has 0 aliphatic carbocycles. The molecule has 1 aromatic rings. The molecule has 22 heavy (non-hydrogen) atoms. The first-order chi connectivity index (χ1) is 10.7. The van der Waals surface area contributed by atoms with Gasteiger partial charge in [0.1, 0.15) is 5.75 Å². The average molecular weight is 305 g/mol. The number of carbonyl (C=O) groups is 1. The van der Waals surface area contributed by atoms with Crippen LogP contribution in [0.15, 0.2) is 24.3 Å². The molecule has 0 radical (unpaired) electrons. The molecule has 0 aromatic heterocycles. The highest BCUT2D eigenvalue weighted by molar-refractivity contribution is 5.89. The maximum atomic E-state index is 11.9. The number of ether oxygens (including phenoxy) is 1. The van der Waals surface area contributed by atoms with Crippen LogP contribution in [0.3, 0.4) is 0 Å². The molecule has 1 aliphatic rings. The summed E-state index contributed by atoms with van der Waals surface area (Å²) in [6.07, 6.45) is 4.92. The zero-order chi connectivity index (χ0) is 15.8. The molecule has 1 heterocycles. The van der Waals surface area contributed by atoms with Crippen LogP contribution in [0.25, 0.3) is 0 Å². The Balaban J connectivity index is 1.65. The van der Waals surface area contributed by atoms with Crippen molar-refractivity contribution in [2.45, 2.75) is 38.6 Å². The molecule has 5 heteroatoms.